The molecule has 1 heterocycles. The van der Waals surface area contributed by atoms with Crippen molar-refractivity contribution in [1.82, 2.24) is 20.6 Å². The third-order valence-corrected chi connectivity index (χ3v) is 5.32. The van der Waals surface area contributed by atoms with Gasteiger partial charge in [-0.25, -0.2) is 9.59 Å². The van der Waals surface area contributed by atoms with E-state index >= 15 is 0 Å². The molecule has 0 saturated carbocycles. The van der Waals surface area contributed by atoms with Crippen LogP contribution >= 0.6 is 0 Å². The number of H-pyrrole nitrogens is 1. The molecule has 1 aromatic heterocycles. The molecular weight excluding hydrogens is 493 g/mol. The van der Waals surface area contributed by atoms with Crippen molar-refractivity contribution in [1.29, 1.82) is 0 Å². The second-order valence-electron chi connectivity index (χ2n) is 7.63. The topological polar surface area (TPSA) is 147 Å². The molecular formula is C24H19F3N6O4. The number of urea groups is 1. The van der Waals surface area contributed by atoms with E-state index in [1.165, 1.54) is 30.3 Å². The molecule has 0 bridgehead atoms. The zero-order valence-electron chi connectivity index (χ0n) is 19.2. The molecule has 190 valence electrons. The minimum atomic E-state index is -4.65. The fourth-order valence-corrected chi connectivity index (χ4v) is 3.77. The Bertz CT molecular complexity index is 1460. The van der Waals surface area contributed by atoms with E-state index in [0.29, 0.717) is 23.5 Å². The number of nitrogens with one attached hydrogen (secondary N) is 1. The first-order chi connectivity index (χ1) is 17.6. The first-order valence-electron chi connectivity index (χ1n) is 10.8. The minimum Gasteiger partial charge on any atom is -0.494 e. The highest BCUT2D eigenvalue weighted by Gasteiger charge is 2.32. The van der Waals surface area contributed by atoms with E-state index in [9.17, 15) is 27.9 Å². The number of carboxylic acids is 1. The standard InChI is InChI=1S/C24H19F3N6O4/c1-2-37-16-7-8-17(18(12-16)22(34)35)13-6-9-20(19(10-13)21-29-31-32-30-21)33(23(28)36)15-5-3-4-14(11-15)24(25,26)27/h3-12H,2H2,1H3,(H2,28,36)(H,34,35)(H,29,30,31,32). The van der Waals surface area contributed by atoms with Crippen LogP contribution in [0.4, 0.5) is 29.3 Å². The number of benzene rings is 3. The summed E-state index contributed by atoms with van der Waals surface area (Å²) in [5, 5.41) is 23.4. The Balaban J connectivity index is 1.91. The quantitative estimate of drug-likeness (QED) is 0.320. The van der Waals surface area contributed by atoms with Gasteiger partial charge in [0.25, 0.3) is 0 Å². The van der Waals surface area contributed by atoms with Crippen molar-refractivity contribution in [2.75, 3.05) is 11.5 Å². The lowest BCUT2D eigenvalue weighted by Crippen LogP contribution is -2.32. The maximum atomic E-state index is 13.3. The normalized spacial score (nSPS) is 11.2. The molecule has 0 aliphatic heterocycles. The van der Waals surface area contributed by atoms with E-state index in [4.69, 9.17) is 10.5 Å². The summed E-state index contributed by atoms with van der Waals surface area (Å²) >= 11 is 0. The summed E-state index contributed by atoms with van der Waals surface area (Å²) in [7, 11) is 0. The first-order valence-corrected chi connectivity index (χ1v) is 10.8. The molecule has 0 spiro atoms. The van der Waals surface area contributed by atoms with E-state index in [2.05, 4.69) is 20.6 Å². The van der Waals surface area contributed by atoms with Gasteiger partial charge in [0, 0.05) is 5.56 Å². The van der Waals surface area contributed by atoms with E-state index in [1.54, 1.807) is 19.1 Å². The van der Waals surface area contributed by atoms with Crippen LogP contribution in [0.1, 0.15) is 22.8 Å². The van der Waals surface area contributed by atoms with E-state index in [-0.39, 0.29) is 28.3 Å². The van der Waals surface area contributed by atoms with Crippen molar-refractivity contribution in [2.24, 2.45) is 5.73 Å². The van der Waals surface area contributed by atoms with Gasteiger partial charge >= 0.3 is 18.2 Å². The Hall–Kier alpha value is -4.94. The van der Waals surface area contributed by atoms with Crippen molar-refractivity contribution in [3.8, 4) is 28.3 Å². The summed E-state index contributed by atoms with van der Waals surface area (Å²) in [4.78, 5) is 25.3. The lowest BCUT2D eigenvalue weighted by molar-refractivity contribution is -0.137. The molecule has 0 aliphatic carbocycles. The number of halogens is 3. The van der Waals surface area contributed by atoms with Crippen LogP contribution < -0.4 is 15.4 Å². The Kier molecular flexibility index (Phi) is 6.78. The number of aromatic nitrogens is 4. The SMILES string of the molecule is CCOc1ccc(-c2ccc(N(C(N)=O)c3cccc(C(F)(F)F)c3)c(-c3nn[nH]n3)c2)c(C(=O)O)c1. The number of carboxylic acid groups (broad SMARTS) is 1. The average molecular weight is 512 g/mol. The number of aromatic carboxylic acids is 1. The minimum absolute atomic E-state index is 0.00196. The lowest BCUT2D eigenvalue weighted by Gasteiger charge is -2.24. The zero-order chi connectivity index (χ0) is 26.7. The number of anilines is 2. The Morgan fingerprint density at radius 1 is 1.08 bits per heavy atom. The van der Waals surface area contributed by atoms with Gasteiger partial charge in [-0.2, -0.15) is 18.4 Å². The largest absolute Gasteiger partial charge is 0.494 e. The van der Waals surface area contributed by atoms with Crippen molar-refractivity contribution in [3.05, 3.63) is 71.8 Å². The molecule has 4 aromatic rings. The van der Waals surface area contributed by atoms with Gasteiger partial charge in [-0.3, -0.25) is 4.90 Å². The van der Waals surface area contributed by atoms with Crippen LogP contribution in [0.15, 0.2) is 60.7 Å². The Morgan fingerprint density at radius 3 is 2.49 bits per heavy atom. The maximum Gasteiger partial charge on any atom is 0.416 e. The number of hydrogen-bond donors (Lipinski definition) is 3. The van der Waals surface area contributed by atoms with Crippen LogP contribution in [0.2, 0.25) is 0 Å². The number of hydrogen-bond acceptors (Lipinski definition) is 6. The van der Waals surface area contributed by atoms with Gasteiger partial charge in [0.1, 0.15) is 5.75 Å². The van der Waals surface area contributed by atoms with Crippen molar-refractivity contribution in [2.45, 2.75) is 13.1 Å². The number of rotatable bonds is 7. The molecule has 37 heavy (non-hydrogen) atoms. The summed E-state index contributed by atoms with van der Waals surface area (Å²) in [6.07, 6.45) is -4.65. The number of nitrogens with zero attached hydrogens (tertiary/aromatic N) is 4. The second kappa shape index (κ2) is 9.97. The molecule has 0 saturated heterocycles. The van der Waals surface area contributed by atoms with Crippen LogP contribution in [0, 0.1) is 0 Å². The van der Waals surface area contributed by atoms with Gasteiger partial charge in [-0.15, -0.1) is 10.2 Å². The second-order valence-corrected chi connectivity index (χ2v) is 7.63. The van der Waals surface area contributed by atoms with Crippen LogP contribution in [0.25, 0.3) is 22.5 Å². The Labute approximate surface area is 207 Å². The van der Waals surface area contributed by atoms with Gasteiger partial charge in [0.2, 0.25) is 5.82 Å². The predicted octanol–water partition coefficient (Wildman–Crippen LogP) is 4.87. The molecule has 10 nitrogen and oxygen atoms in total. The van der Waals surface area contributed by atoms with Crippen LogP contribution in [0.3, 0.4) is 0 Å². The fourth-order valence-electron chi connectivity index (χ4n) is 3.77. The summed E-state index contributed by atoms with van der Waals surface area (Å²) in [6, 6.07) is 12.0. The van der Waals surface area contributed by atoms with Crippen molar-refractivity contribution < 1.29 is 32.6 Å². The van der Waals surface area contributed by atoms with Gasteiger partial charge in [0.15, 0.2) is 0 Å². The van der Waals surface area contributed by atoms with E-state index in [0.717, 1.165) is 23.1 Å². The van der Waals surface area contributed by atoms with Crippen LogP contribution in [0.5, 0.6) is 5.75 Å². The summed E-state index contributed by atoms with van der Waals surface area (Å²) < 4.78 is 45.4. The van der Waals surface area contributed by atoms with E-state index < -0.39 is 23.7 Å². The maximum absolute atomic E-state index is 13.3. The fraction of sp³-hybridized carbons (Fsp3) is 0.125. The van der Waals surface area contributed by atoms with Gasteiger partial charge in [-0.05, 0) is 71.8 Å². The first kappa shape index (κ1) is 25.2. The molecule has 3 aromatic carbocycles. The molecule has 4 N–H and O–H groups in total. The number of nitrogens with two attached hydrogens (primary N) is 1. The smallest absolute Gasteiger partial charge is 0.416 e. The van der Waals surface area contributed by atoms with Crippen LogP contribution in [-0.2, 0) is 6.18 Å². The highest BCUT2D eigenvalue weighted by Crippen LogP contribution is 2.39. The molecule has 0 fully saturated rings. The number of tetrazole rings is 1. The van der Waals surface area contributed by atoms with Gasteiger partial charge in [0.05, 0.1) is 29.1 Å². The van der Waals surface area contributed by atoms with Crippen molar-refractivity contribution >= 4 is 23.4 Å². The monoisotopic (exact) mass is 512 g/mol. The third-order valence-electron chi connectivity index (χ3n) is 5.32. The highest BCUT2D eigenvalue weighted by atomic mass is 19.4. The molecule has 13 heteroatoms. The number of amides is 2. The molecule has 0 radical (unpaired) electrons. The average Bonchev–Trinajstić information content (AvgIpc) is 3.39. The molecule has 0 unspecified atom stereocenters. The zero-order valence-corrected chi connectivity index (χ0v) is 19.2. The number of aromatic amines is 1. The predicted molar refractivity (Wildman–Crippen MR) is 126 cm³/mol. The van der Waals surface area contributed by atoms with Gasteiger partial charge < -0.3 is 15.6 Å². The number of ether oxygens (including phenoxy) is 1. The molecule has 0 aliphatic rings. The molecule has 0 atom stereocenters. The molecule has 2 amide bonds. The highest BCUT2D eigenvalue weighted by molar-refractivity contribution is 6.03. The number of primary amides is 1. The van der Waals surface area contributed by atoms with Gasteiger partial charge in [-0.1, -0.05) is 12.1 Å². The molecule has 4 rings (SSSR count). The summed E-state index contributed by atoms with van der Waals surface area (Å²) in [6.45, 7) is 2.10. The summed E-state index contributed by atoms with van der Waals surface area (Å²) in [5.74, 6) is -0.842. The number of carbonyl (C=O) groups excluding carboxylic acids is 1. The van der Waals surface area contributed by atoms with Crippen molar-refractivity contribution in [3.63, 3.8) is 0 Å². The number of carbonyl (C=O) groups is 2. The third kappa shape index (κ3) is 5.19. The van der Waals surface area contributed by atoms with Crippen LogP contribution in [-0.4, -0.2) is 44.3 Å². The number of alkyl halides is 3. The van der Waals surface area contributed by atoms with E-state index in [1.807, 2.05) is 0 Å². The lowest BCUT2D eigenvalue weighted by atomic mass is 9.96. The Morgan fingerprint density at radius 2 is 1.86 bits per heavy atom. The summed E-state index contributed by atoms with van der Waals surface area (Å²) in [5.41, 5.74) is 5.35.